The molecule has 1 aromatic rings. The van der Waals surface area contributed by atoms with E-state index in [0.29, 0.717) is 25.3 Å². The van der Waals surface area contributed by atoms with Gasteiger partial charge in [0.25, 0.3) is 0 Å². The van der Waals surface area contributed by atoms with Crippen molar-refractivity contribution in [1.29, 1.82) is 0 Å². The SMILES string of the molecule is CCOc1ccc(CCNCCC(C)=O)cc1F. The first-order chi connectivity index (χ1) is 8.63. The Morgan fingerprint density at radius 1 is 1.39 bits per heavy atom. The average molecular weight is 253 g/mol. The zero-order chi connectivity index (χ0) is 13.4. The van der Waals surface area contributed by atoms with Crippen LogP contribution >= 0.6 is 0 Å². The van der Waals surface area contributed by atoms with E-state index in [1.165, 1.54) is 6.07 Å². The lowest BCUT2D eigenvalue weighted by Crippen LogP contribution is -2.20. The van der Waals surface area contributed by atoms with Gasteiger partial charge in [-0.1, -0.05) is 6.07 Å². The molecule has 0 aliphatic heterocycles. The van der Waals surface area contributed by atoms with E-state index >= 15 is 0 Å². The predicted molar refractivity (Wildman–Crippen MR) is 69.4 cm³/mol. The summed E-state index contributed by atoms with van der Waals surface area (Å²) >= 11 is 0. The minimum Gasteiger partial charge on any atom is -0.491 e. The Kier molecular flexibility index (Phi) is 6.36. The van der Waals surface area contributed by atoms with Gasteiger partial charge in [0.1, 0.15) is 5.78 Å². The van der Waals surface area contributed by atoms with Gasteiger partial charge in [-0.15, -0.1) is 0 Å². The summed E-state index contributed by atoms with van der Waals surface area (Å²) in [5.41, 5.74) is 0.922. The van der Waals surface area contributed by atoms with Gasteiger partial charge in [0.05, 0.1) is 6.61 Å². The number of carbonyl (C=O) groups is 1. The Balaban J connectivity index is 2.34. The fourth-order valence-electron chi connectivity index (χ4n) is 1.59. The second-order valence-electron chi connectivity index (χ2n) is 4.15. The van der Waals surface area contributed by atoms with Crippen molar-refractivity contribution in [3.63, 3.8) is 0 Å². The number of hydrogen-bond acceptors (Lipinski definition) is 3. The van der Waals surface area contributed by atoms with E-state index in [1.54, 1.807) is 13.0 Å². The standard InChI is InChI=1S/C14H20FNO2/c1-3-18-14-5-4-12(10-13(14)15)7-9-16-8-6-11(2)17/h4-5,10,16H,3,6-9H2,1-2H3. The summed E-state index contributed by atoms with van der Waals surface area (Å²) in [6, 6.07) is 5.02. The highest BCUT2D eigenvalue weighted by Crippen LogP contribution is 2.18. The molecule has 0 heterocycles. The molecule has 0 amide bonds. The third-order valence-electron chi connectivity index (χ3n) is 2.54. The summed E-state index contributed by atoms with van der Waals surface area (Å²) < 4.78 is 18.7. The third kappa shape index (κ3) is 5.27. The normalized spacial score (nSPS) is 10.4. The molecule has 0 aliphatic rings. The van der Waals surface area contributed by atoms with Crippen LogP contribution in [0.25, 0.3) is 0 Å². The monoisotopic (exact) mass is 253 g/mol. The van der Waals surface area contributed by atoms with E-state index in [4.69, 9.17) is 4.74 Å². The zero-order valence-electron chi connectivity index (χ0n) is 11.0. The minimum atomic E-state index is -0.321. The van der Waals surface area contributed by atoms with Crippen molar-refractivity contribution in [3.05, 3.63) is 29.6 Å². The Morgan fingerprint density at radius 2 is 2.17 bits per heavy atom. The van der Waals surface area contributed by atoms with Crippen molar-refractivity contribution in [1.82, 2.24) is 5.32 Å². The van der Waals surface area contributed by atoms with Crippen LogP contribution in [0.5, 0.6) is 5.75 Å². The van der Waals surface area contributed by atoms with Crippen molar-refractivity contribution in [3.8, 4) is 5.75 Å². The second kappa shape index (κ2) is 7.82. The van der Waals surface area contributed by atoms with Crippen LogP contribution in [0.15, 0.2) is 18.2 Å². The summed E-state index contributed by atoms with van der Waals surface area (Å²) in [6.07, 6.45) is 1.28. The first kappa shape index (κ1) is 14.6. The largest absolute Gasteiger partial charge is 0.491 e. The van der Waals surface area contributed by atoms with Crippen molar-refractivity contribution < 1.29 is 13.9 Å². The van der Waals surface area contributed by atoms with Crippen molar-refractivity contribution in [2.24, 2.45) is 0 Å². The molecule has 1 N–H and O–H groups in total. The maximum atomic E-state index is 13.5. The summed E-state index contributed by atoms with van der Waals surface area (Å²) in [4.78, 5) is 10.7. The van der Waals surface area contributed by atoms with Crippen LogP contribution < -0.4 is 10.1 Å². The van der Waals surface area contributed by atoms with E-state index < -0.39 is 0 Å². The van der Waals surface area contributed by atoms with Crippen LogP contribution in [-0.2, 0) is 11.2 Å². The Hall–Kier alpha value is -1.42. The highest BCUT2D eigenvalue weighted by atomic mass is 19.1. The number of nitrogens with one attached hydrogen (secondary N) is 1. The lowest BCUT2D eigenvalue weighted by molar-refractivity contribution is -0.116. The molecule has 0 unspecified atom stereocenters. The Morgan fingerprint density at radius 3 is 2.78 bits per heavy atom. The molecule has 3 nitrogen and oxygen atoms in total. The molecule has 18 heavy (non-hydrogen) atoms. The smallest absolute Gasteiger partial charge is 0.165 e. The van der Waals surface area contributed by atoms with Crippen LogP contribution in [0.4, 0.5) is 4.39 Å². The molecule has 0 bridgehead atoms. The fourth-order valence-corrected chi connectivity index (χ4v) is 1.59. The Bertz CT molecular complexity index is 393. The molecule has 1 aromatic carbocycles. The predicted octanol–water partition coefficient (Wildman–Crippen LogP) is 2.34. The summed E-state index contributed by atoms with van der Waals surface area (Å²) in [7, 11) is 0. The van der Waals surface area contributed by atoms with Gasteiger partial charge in [-0.2, -0.15) is 0 Å². The van der Waals surface area contributed by atoms with Crippen LogP contribution in [0, 0.1) is 5.82 Å². The van der Waals surface area contributed by atoms with Crippen LogP contribution in [-0.4, -0.2) is 25.5 Å². The van der Waals surface area contributed by atoms with Crippen LogP contribution in [0.1, 0.15) is 25.8 Å². The number of benzene rings is 1. The highest BCUT2D eigenvalue weighted by Gasteiger charge is 2.03. The number of Topliss-reactive ketones (excluding diaryl/α,β-unsaturated/α-hetero) is 1. The van der Waals surface area contributed by atoms with Gasteiger partial charge in [-0.3, -0.25) is 4.79 Å². The van der Waals surface area contributed by atoms with Gasteiger partial charge >= 0.3 is 0 Å². The average Bonchev–Trinajstić information content (AvgIpc) is 2.32. The molecule has 0 spiro atoms. The van der Waals surface area contributed by atoms with E-state index in [-0.39, 0.29) is 11.6 Å². The molecule has 0 saturated heterocycles. The van der Waals surface area contributed by atoms with Gasteiger partial charge in [-0.25, -0.2) is 4.39 Å². The van der Waals surface area contributed by atoms with E-state index in [1.807, 2.05) is 13.0 Å². The fraction of sp³-hybridized carbons (Fsp3) is 0.500. The number of ether oxygens (including phenoxy) is 1. The first-order valence-corrected chi connectivity index (χ1v) is 6.25. The van der Waals surface area contributed by atoms with Crippen molar-refractivity contribution in [2.75, 3.05) is 19.7 Å². The molecule has 100 valence electrons. The molecule has 0 atom stereocenters. The number of rotatable bonds is 8. The molecule has 0 fully saturated rings. The van der Waals surface area contributed by atoms with Crippen LogP contribution in [0.2, 0.25) is 0 Å². The molecule has 0 radical (unpaired) electrons. The zero-order valence-corrected chi connectivity index (χ0v) is 11.0. The van der Waals surface area contributed by atoms with Crippen molar-refractivity contribution >= 4 is 5.78 Å². The summed E-state index contributed by atoms with van der Waals surface area (Å²) in [5.74, 6) is 0.151. The van der Waals surface area contributed by atoms with Gasteiger partial charge in [0.15, 0.2) is 11.6 Å². The maximum Gasteiger partial charge on any atom is 0.165 e. The molecule has 1 rings (SSSR count). The number of ketones is 1. The molecular formula is C14H20FNO2. The number of hydrogen-bond donors (Lipinski definition) is 1. The van der Waals surface area contributed by atoms with Gasteiger partial charge in [0, 0.05) is 13.0 Å². The van der Waals surface area contributed by atoms with Gasteiger partial charge < -0.3 is 10.1 Å². The second-order valence-corrected chi connectivity index (χ2v) is 4.15. The molecule has 0 aliphatic carbocycles. The summed E-state index contributed by atoms with van der Waals surface area (Å²) in [5, 5.41) is 3.15. The first-order valence-electron chi connectivity index (χ1n) is 6.25. The molecule has 4 heteroatoms. The summed E-state index contributed by atoms with van der Waals surface area (Å²) in [6.45, 7) is 5.27. The number of carbonyl (C=O) groups excluding carboxylic acids is 1. The van der Waals surface area contributed by atoms with Crippen LogP contribution in [0.3, 0.4) is 0 Å². The lowest BCUT2D eigenvalue weighted by Gasteiger charge is -2.07. The highest BCUT2D eigenvalue weighted by molar-refractivity contribution is 5.75. The minimum absolute atomic E-state index is 0.176. The maximum absolute atomic E-state index is 13.5. The van der Waals surface area contributed by atoms with E-state index in [2.05, 4.69) is 5.32 Å². The topological polar surface area (TPSA) is 38.3 Å². The Labute approximate surface area is 107 Å². The van der Waals surface area contributed by atoms with E-state index in [9.17, 15) is 9.18 Å². The van der Waals surface area contributed by atoms with Crippen molar-refractivity contribution in [2.45, 2.75) is 26.7 Å². The lowest BCUT2D eigenvalue weighted by atomic mass is 10.1. The molecular weight excluding hydrogens is 233 g/mol. The van der Waals surface area contributed by atoms with E-state index in [0.717, 1.165) is 18.5 Å². The van der Waals surface area contributed by atoms with Gasteiger partial charge in [0.2, 0.25) is 0 Å². The molecule has 0 saturated carbocycles. The molecule has 0 aromatic heterocycles. The quantitative estimate of drug-likeness (QED) is 0.723. The number of halogens is 1. The van der Waals surface area contributed by atoms with Gasteiger partial charge in [-0.05, 0) is 44.5 Å². The third-order valence-corrected chi connectivity index (χ3v) is 2.54.